The molecular weight excluding hydrogens is 240 g/mol. The zero-order chi connectivity index (χ0) is 13.5. The monoisotopic (exact) mass is 256 g/mol. The number of ether oxygens (including phenoxy) is 1. The lowest BCUT2D eigenvalue weighted by molar-refractivity contribution is -0.142. The van der Waals surface area contributed by atoms with Crippen LogP contribution in [0.5, 0.6) is 0 Å². The molecule has 1 rings (SSSR count). The maximum Gasteiger partial charge on any atom is 0.410 e. The topological polar surface area (TPSA) is 116 Å². The molecule has 0 aromatic rings. The molecule has 8 heteroatoms. The van der Waals surface area contributed by atoms with Crippen molar-refractivity contribution in [3.8, 4) is 0 Å². The van der Waals surface area contributed by atoms with Gasteiger partial charge in [-0.1, -0.05) is 18.5 Å². The van der Waals surface area contributed by atoms with Gasteiger partial charge in [0.1, 0.15) is 6.04 Å². The van der Waals surface area contributed by atoms with Crippen LogP contribution in [0, 0.1) is 0 Å². The fraction of sp³-hybridized carbons (Fsp3) is 0.800. The Bertz CT molecular complexity index is 367. The summed E-state index contributed by atoms with van der Waals surface area (Å²) in [5.74, 6) is -1.18. The van der Waals surface area contributed by atoms with Crippen LogP contribution in [0.4, 0.5) is 4.79 Å². The molecule has 8 nitrogen and oxygen atoms in total. The maximum absolute atomic E-state index is 11.7. The van der Waals surface area contributed by atoms with Crippen molar-refractivity contribution in [3.63, 3.8) is 0 Å². The molecule has 0 spiro atoms. The number of carboxylic acid groups (broad SMARTS) is 1. The smallest absolute Gasteiger partial charge is 0.410 e. The zero-order valence-electron chi connectivity index (χ0n) is 10.2. The van der Waals surface area contributed by atoms with Crippen molar-refractivity contribution in [2.45, 2.75) is 38.3 Å². The zero-order valence-corrected chi connectivity index (χ0v) is 10.2. The second-order valence-corrected chi connectivity index (χ2v) is 4.01. The molecule has 1 amide bonds. The Morgan fingerprint density at radius 3 is 2.89 bits per heavy atom. The largest absolute Gasteiger partial charge is 0.480 e. The van der Waals surface area contributed by atoms with Crippen LogP contribution in [0.15, 0.2) is 5.11 Å². The summed E-state index contributed by atoms with van der Waals surface area (Å²) in [4.78, 5) is 26.5. The molecule has 2 atom stereocenters. The van der Waals surface area contributed by atoms with E-state index in [1.54, 1.807) is 0 Å². The summed E-state index contributed by atoms with van der Waals surface area (Å²) in [6.45, 7) is 2.46. The molecule has 18 heavy (non-hydrogen) atoms. The number of rotatable bonds is 5. The van der Waals surface area contributed by atoms with Crippen molar-refractivity contribution in [2.24, 2.45) is 5.11 Å². The highest BCUT2D eigenvalue weighted by atomic mass is 16.6. The molecule has 1 N–H and O–H groups in total. The van der Waals surface area contributed by atoms with E-state index in [2.05, 4.69) is 10.0 Å². The fourth-order valence-electron chi connectivity index (χ4n) is 1.85. The average Bonchev–Trinajstić information content (AvgIpc) is 2.73. The summed E-state index contributed by atoms with van der Waals surface area (Å²) in [7, 11) is 0. The second kappa shape index (κ2) is 6.70. The van der Waals surface area contributed by atoms with Crippen molar-refractivity contribution in [2.75, 3.05) is 13.2 Å². The van der Waals surface area contributed by atoms with E-state index in [0.29, 0.717) is 6.42 Å². The van der Waals surface area contributed by atoms with Gasteiger partial charge in [0, 0.05) is 11.5 Å². The Morgan fingerprint density at radius 2 is 2.33 bits per heavy atom. The fourth-order valence-corrected chi connectivity index (χ4v) is 1.85. The Balaban J connectivity index is 2.67. The molecule has 1 heterocycles. The third-order valence-corrected chi connectivity index (χ3v) is 2.78. The summed E-state index contributed by atoms with van der Waals surface area (Å²) in [5, 5.41) is 12.5. The third kappa shape index (κ3) is 3.27. The highest BCUT2D eigenvalue weighted by Gasteiger charge is 2.42. The normalized spacial score (nSPS) is 22.4. The first-order valence-corrected chi connectivity index (χ1v) is 5.82. The number of carbonyl (C=O) groups excluding carboxylic acids is 1. The maximum atomic E-state index is 11.7. The number of aliphatic carboxylic acids is 1. The summed E-state index contributed by atoms with van der Waals surface area (Å²) >= 11 is 0. The summed E-state index contributed by atoms with van der Waals surface area (Å²) in [6.07, 6.45) is 1.30. The first-order chi connectivity index (χ1) is 8.61. The first kappa shape index (κ1) is 14.1. The Labute approximate surface area is 104 Å². The minimum Gasteiger partial charge on any atom is -0.480 e. The van der Waals surface area contributed by atoms with Gasteiger partial charge in [0.2, 0.25) is 0 Å². The van der Waals surface area contributed by atoms with Gasteiger partial charge in [-0.2, -0.15) is 0 Å². The Kier molecular flexibility index (Phi) is 5.26. The van der Waals surface area contributed by atoms with Gasteiger partial charge in [0.05, 0.1) is 12.6 Å². The van der Waals surface area contributed by atoms with Gasteiger partial charge in [-0.05, 0) is 18.4 Å². The molecule has 0 unspecified atom stereocenters. The van der Waals surface area contributed by atoms with Crippen LogP contribution in [0.25, 0.3) is 10.4 Å². The van der Waals surface area contributed by atoms with E-state index in [-0.39, 0.29) is 13.2 Å². The average molecular weight is 256 g/mol. The lowest BCUT2D eigenvalue weighted by atomic mass is 10.1. The van der Waals surface area contributed by atoms with Crippen molar-refractivity contribution in [1.29, 1.82) is 0 Å². The van der Waals surface area contributed by atoms with Gasteiger partial charge < -0.3 is 9.84 Å². The highest BCUT2D eigenvalue weighted by Crippen LogP contribution is 2.22. The van der Waals surface area contributed by atoms with Crippen molar-refractivity contribution in [1.82, 2.24) is 4.90 Å². The summed E-state index contributed by atoms with van der Waals surface area (Å²) in [5.41, 5.74) is 8.36. The van der Waals surface area contributed by atoms with Crippen LogP contribution in [0.3, 0.4) is 0 Å². The number of hydrogen-bond acceptors (Lipinski definition) is 4. The van der Waals surface area contributed by atoms with Gasteiger partial charge in [0.15, 0.2) is 0 Å². The third-order valence-electron chi connectivity index (χ3n) is 2.78. The minimum absolute atomic E-state index is 0.228. The van der Waals surface area contributed by atoms with Gasteiger partial charge >= 0.3 is 12.1 Å². The van der Waals surface area contributed by atoms with Crippen molar-refractivity contribution in [3.05, 3.63) is 10.4 Å². The lowest BCUT2D eigenvalue weighted by Crippen LogP contribution is -2.44. The lowest BCUT2D eigenvalue weighted by Gasteiger charge is -2.22. The van der Waals surface area contributed by atoms with Gasteiger partial charge in [0.25, 0.3) is 0 Å². The Morgan fingerprint density at radius 1 is 1.61 bits per heavy atom. The van der Waals surface area contributed by atoms with Crippen LogP contribution in [-0.2, 0) is 9.53 Å². The van der Waals surface area contributed by atoms with Crippen LogP contribution in [-0.4, -0.2) is 47.3 Å². The van der Waals surface area contributed by atoms with Crippen LogP contribution >= 0.6 is 0 Å². The number of likely N-dealkylation sites (tertiary alicyclic amines) is 1. The minimum atomic E-state index is -1.18. The van der Waals surface area contributed by atoms with Crippen molar-refractivity contribution < 1.29 is 19.4 Å². The van der Waals surface area contributed by atoms with Gasteiger partial charge in [-0.3, -0.25) is 4.90 Å². The quantitative estimate of drug-likeness (QED) is 0.349. The highest BCUT2D eigenvalue weighted by molar-refractivity contribution is 5.81. The van der Waals surface area contributed by atoms with Crippen LogP contribution in [0.2, 0.25) is 0 Å². The second-order valence-electron chi connectivity index (χ2n) is 4.01. The SMILES string of the molecule is CCCCOC(=O)N1CC[C@@H](N=[N+]=[N-])[C@H]1C(=O)O. The van der Waals surface area contributed by atoms with E-state index in [1.165, 1.54) is 0 Å². The van der Waals surface area contributed by atoms with E-state index < -0.39 is 24.1 Å². The number of nitrogens with zero attached hydrogens (tertiary/aromatic N) is 4. The molecule has 1 aliphatic heterocycles. The van der Waals surface area contributed by atoms with Crippen LogP contribution < -0.4 is 0 Å². The van der Waals surface area contributed by atoms with E-state index in [0.717, 1.165) is 17.7 Å². The van der Waals surface area contributed by atoms with Crippen LogP contribution in [0.1, 0.15) is 26.2 Å². The van der Waals surface area contributed by atoms with E-state index in [4.69, 9.17) is 15.4 Å². The summed E-state index contributed by atoms with van der Waals surface area (Å²) < 4.78 is 4.96. The van der Waals surface area contributed by atoms with Gasteiger partial charge in [-0.25, -0.2) is 9.59 Å². The molecule has 0 bridgehead atoms. The number of azide groups is 1. The predicted octanol–water partition coefficient (Wildman–Crippen LogP) is 1.76. The number of hydrogen-bond donors (Lipinski definition) is 1. The van der Waals surface area contributed by atoms with E-state index in [1.807, 2.05) is 6.92 Å². The number of carbonyl (C=O) groups is 2. The number of amides is 1. The standard InChI is InChI=1S/C10H16N4O4/c1-2-3-6-18-10(17)14-5-4-7(12-13-11)8(14)9(15)16/h7-8H,2-6H2,1H3,(H,15,16)/t7-,8+/m1/s1. The molecule has 0 aromatic carbocycles. The molecule has 0 aliphatic carbocycles. The molecule has 0 saturated carbocycles. The molecule has 0 radical (unpaired) electrons. The Hall–Kier alpha value is -1.95. The van der Waals surface area contributed by atoms with Gasteiger partial charge in [-0.15, -0.1) is 0 Å². The molecular formula is C10H16N4O4. The van der Waals surface area contributed by atoms with E-state index in [9.17, 15) is 9.59 Å². The molecule has 1 fully saturated rings. The number of carboxylic acids is 1. The molecule has 0 aromatic heterocycles. The predicted molar refractivity (Wildman–Crippen MR) is 61.9 cm³/mol. The molecule has 1 aliphatic rings. The summed E-state index contributed by atoms with van der Waals surface area (Å²) in [6, 6.07) is -1.86. The first-order valence-electron chi connectivity index (χ1n) is 5.82. The van der Waals surface area contributed by atoms with E-state index >= 15 is 0 Å². The molecule has 100 valence electrons. The molecule has 1 saturated heterocycles. The van der Waals surface area contributed by atoms with Crippen molar-refractivity contribution >= 4 is 12.1 Å². The number of unbranched alkanes of at least 4 members (excludes halogenated alkanes) is 1.